The molecule has 6 N–H and O–H groups in total. The van der Waals surface area contributed by atoms with Crippen LogP contribution in [0.4, 0.5) is 11.8 Å². The minimum absolute atomic E-state index is 0.0907. The van der Waals surface area contributed by atoms with Crippen molar-refractivity contribution >= 4 is 22.7 Å². The van der Waals surface area contributed by atoms with Gasteiger partial charge in [-0.25, -0.2) is 4.98 Å². The summed E-state index contributed by atoms with van der Waals surface area (Å²) in [7, 11) is 0. The predicted octanol–water partition coefficient (Wildman–Crippen LogP) is 0.442. The Bertz CT molecular complexity index is 1020. The molecule has 27 heavy (non-hydrogen) atoms. The van der Waals surface area contributed by atoms with E-state index in [0.717, 1.165) is 5.39 Å². The lowest BCUT2D eigenvalue weighted by Gasteiger charge is -2.24. The molecule has 2 aliphatic rings. The molecule has 9 heteroatoms. The van der Waals surface area contributed by atoms with Gasteiger partial charge < -0.3 is 30.8 Å². The molecule has 1 unspecified atom stereocenters. The number of aryl methyl sites for hydroxylation is 1. The second kappa shape index (κ2) is 5.38. The number of nitrogens with one attached hydrogen (secondary N) is 1. The summed E-state index contributed by atoms with van der Waals surface area (Å²) in [6.45, 7) is 1.80. The maximum Gasteiger partial charge on any atom is 0.222 e. The fourth-order valence-electron chi connectivity index (χ4n) is 4.20. The van der Waals surface area contributed by atoms with E-state index in [1.807, 2.05) is 12.1 Å². The van der Waals surface area contributed by atoms with E-state index >= 15 is 0 Å². The Balaban J connectivity index is 1.55. The third kappa shape index (κ3) is 2.25. The number of rotatable bonds is 3. The predicted molar refractivity (Wildman–Crippen MR) is 96.7 cm³/mol. The Morgan fingerprint density at radius 3 is 2.81 bits per heavy atom. The van der Waals surface area contributed by atoms with E-state index in [4.69, 9.17) is 10.2 Å². The fourth-order valence-corrected chi connectivity index (χ4v) is 4.20. The number of nitrogens with two attached hydrogens (primary N) is 1. The summed E-state index contributed by atoms with van der Waals surface area (Å²) >= 11 is 0. The number of hydrogen-bond acceptors (Lipinski definition) is 9. The molecule has 5 rings (SSSR count). The van der Waals surface area contributed by atoms with Crippen molar-refractivity contribution in [3.63, 3.8) is 0 Å². The quantitative estimate of drug-likeness (QED) is 0.443. The zero-order valence-electron chi connectivity index (χ0n) is 14.5. The van der Waals surface area contributed by atoms with Gasteiger partial charge in [-0.2, -0.15) is 4.98 Å². The Kier molecular flexibility index (Phi) is 3.27. The molecular formula is C18H19N5O4. The van der Waals surface area contributed by atoms with E-state index in [1.54, 1.807) is 19.3 Å². The van der Waals surface area contributed by atoms with Gasteiger partial charge >= 0.3 is 0 Å². The maximum absolute atomic E-state index is 10.4. The molecule has 5 atom stereocenters. The average molecular weight is 369 g/mol. The first kappa shape index (κ1) is 16.4. The minimum atomic E-state index is -1.45. The Labute approximate surface area is 153 Å². The number of furan rings is 1. The van der Waals surface area contributed by atoms with Gasteiger partial charge in [0.05, 0.1) is 29.6 Å². The summed E-state index contributed by atoms with van der Waals surface area (Å²) in [6.07, 6.45) is 1.74. The van der Waals surface area contributed by atoms with Gasteiger partial charge in [0.15, 0.2) is 5.58 Å². The summed E-state index contributed by atoms with van der Waals surface area (Å²) in [4.78, 5) is 12.6. The van der Waals surface area contributed by atoms with Crippen LogP contribution in [0.5, 0.6) is 0 Å². The SMILES string of the molecule is Cc1nc(N)nc(N[C@@H]2C[C@@H]3C(O)[C@]3(O)[C@H]2O)c1-c1cc2ccncc2o1. The second-order valence-corrected chi connectivity index (χ2v) is 7.28. The summed E-state index contributed by atoms with van der Waals surface area (Å²) in [5, 5.41) is 34.6. The normalized spacial score (nSPS) is 31.9. The first-order valence-corrected chi connectivity index (χ1v) is 8.72. The number of nitrogen functional groups attached to an aromatic ring is 1. The van der Waals surface area contributed by atoms with Crippen molar-refractivity contribution in [3.8, 4) is 11.3 Å². The second-order valence-electron chi connectivity index (χ2n) is 7.28. The number of hydrogen-bond donors (Lipinski definition) is 5. The van der Waals surface area contributed by atoms with Gasteiger partial charge in [0, 0.05) is 17.5 Å². The highest BCUT2D eigenvalue weighted by molar-refractivity contribution is 5.85. The van der Waals surface area contributed by atoms with Crippen molar-refractivity contribution in [2.24, 2.45) is 5.92 Å². The lowest BCUT2D eigenvalue weighted by atomic mass is 10.1. The third-order valence-corrected chi connectivity index (χ3v) is 5.70. The van der Waals surface area contributed by atoms with Crippen LogP contribution in [0.25, 0.3) is 22.3 Å². The summed E-state index contributed by atoms with van der Waals surface area (Å²) in [5.41, 5.74) is 6.25. The Morgan fingerprint density at radius 1 is 1.30 bits per heavy atom. The number of aliphatic hydroxyl groups is 3. The molecule has 3 aromatic rings. The molecule has 0 aromatic carbocycles. The van der Waals surface area contributed by atoms with Crippen molar-refractivity contribution in [2.75, 3.05) is 11.1 Å². The van der Waals surface area contributed by atoms with E-state index in [1.165, 1.54) is 0 Å². The highest BCUT2D eigenvalue weighted by atomic mass is 16.4. The van der Waals surface area contributed by atoms with Crippen molar-refractivity contribution in [3.05, 3.63) is 30.2 Å². The van der Waals surface area contributed by atoms with Crippen LogP contribution < -0.4 is 11.1 Å². The summed E-state index contributed by atoms with van der Waals surface area (Å²) in [6, 6.07) is 3.24. The lowest BCUT2D eigenvalue weighted by molar-refractivity contribution is -0.0262. The van der Waals surface area contributed by atoms with Crippen LogP contribution in [0.1, 0.15) is 12.1 Å². The monoisotopic (exact) mass is 369 g/mol. The molecule has 2 aliphatic carbocycles. The molecule has 2 fully saturated rings. The molecule has 3 aromatic heterocycles. The van der Waals surface area contributed by atoms with Gasteiger partial charge in [0.2, 0.25) is 5.95 Å². The van der Waals surface area contributed by atoms with Gasteiger partial charge in [-0.15, -0.1) is 0 Å². The molecule has 0 spiro atoms. The molecule has 0 bridgehead atoms. The number of fused-ring (bicyclic) bond motifs is 2. The topological polar surface area (TPSA) is 151 Å². The van der Waals surface area contributed by atoms with Crippen LogP contribution in [-0.2, 0) is 0 Å². The highest BCUT2D eigenvalue weighted by Gasteiger charge is 2.74. The smallest absolute Gasteiger partial charge is 0.222 e. The fraction of sp³-hybridized carbons (Fsp3) is 0.389. The number of nitrogens with zero attached hydrogens (tertiary/aromatic N) is 3. The summed E-state index contributed by atoms with van der Waals surface area (Å²) in [5.74, 6) is 0.712. The van der Waals surface area contributed by atoms with Crippen LogP contribution >= 0.6 is 0 Å². The van der Waals surface area contributed by atoms with E-state index in [-0.39, 0.29) is 11.9 Å². The first-order chi connectivity index (χ1) is 12.9. The Hall–Kier alpha value is -2.75. The minimum Gasteiger partial charge on any atom is -0.454 e. The van der Waals surface area contributed by atoms with Crippen LogP contribution in [0.2, 0.25) is 0 Å². The van der Waals surface area contributed by atoms with E-state index in [9.17, 15) is 15.3 Å². The van der Waals surface area contributed by atoms with Crippen LogP contribution in [0.15, 0.2) is 28.9 Å². The molecule has 9 nitrogen and oxygen atoms in total. The van der Waals surface area contributed by atoms with Crippen molar-refractivity contribution in [1.29, 1.82) is 0 Å². The molecule has 3 heterocycles. The van der Waals surface area contributed by atoms with Gasteiger partial charge in [0.1, 0.15) is 23.3 Å². The average Bonchev–Trinajstić information content (AvgIpc) is 2.94. The Morgan fingerprint density at radius 2 is 2.11 bits per heavy atom. The van der Waals surface area contributed by atoms with Crippen molar-refractivity contribution in [1.82, 2.24) is 15.0 Å². The van der Waals surface area contributed by atoms with Gasteiger partial charge in [-0.1, -0.05) is 0 Å². The largest absolute Gasteiger partial charge is 0.454 e. The van der Waals surface area contributed by atoms with Crippen LogP contribution in [0, 0.1) is 12.8 Å². The number of pyridine rings is 1. The van der Waals surface area contributed by atoms with Crippen LogP contribution in [0.3, 0.4) is 0 Å². The molecule has 0 radical (unpaired) electrons. The van der Waals surface area contributed by atoms with E-state index in [2.05, 4.69) is 20.3 Å². The standard InChI is InChI=1S/C18H19N5O4/c1-7-13(11-4-8-2-3-20-6-12(8)27-11)16(23-17(19)21-7)22-10-5-9-14(24)18(9,26)15(10)25/h2-4,6,9-10,14-15,24-26H,5H2,1H3,(H3,19,21,22,23)/t9-,10-,14?,15+,18+/m1/s1. The van der Waals surface area contributed by atoms with E-state index in [0.29, 0.717) is 34.8 Å². The molecule has 0 saturated heterocycles. The number of anilines is 2. The molecule has 2 saturated carbocycles. The molecule has 140 valence electrons. The molecule has 0 aliphatic heterocycles. The summed E-state index contributed by atoms with van der Waals surface area (Å²) < 4.78 is 5.90. The van der Waals surface area contributed by atoms with Crippen molar-refractivity contribution in [2.45, 2.75) is 37.2 Å². The van der Waals surface area contributed by atoms with E-state index < -0.39 is 23.9 Å². The zero-order chi connectivity index (χ0) is 18.9. The highest BCUT2D eigenvalue weighted by Crippen LogP contribution is 2.56. The zero-order valence-corrected chi connectivity index (χ0v) is 14.5. The number of aliphatic hydroxyl groups excluding tert-OH is 2. The van der Waals surface area contributed by atoms with Gasteiger partial charge in [-0.05, 0) is 25.5 Å². The third-order valence-electron chi connectivity index (χ3n) is 5.70. The van der Waals surface area contributed by atoms with Gasteiger partial charge in [-0.3, -0.25) is 4.98 Å². The molecular weight excluding hydrogens is 350 g/mol. The maximum atomic E-state index is 10.4. The first-order valence-electron chi connectivity index (χ1n) is 8.72. The molecule has 0 amide bonds. The van der Waals surface area contributed by atoms with Gasteiger partial charge in [0.25, 0.3) is 0 Å². The number of aromatic nitrogens is 3. The van der Waals surface area contributed by atoms with Crippen LogP contribution in [-0.4, -0.2) is 54.1 Å². The van der Waals surface area contributed by atoms with Crippen molar-refractivity contribution < 1.29 is 19.7 Å². The lowest BCUT2D eigenvalue weighted by Crippen LogP contribution is -2.42.